The Kier molecular flexibility index (Phi) is 4.12. The minimum Gasteiger partial charge on any atom is -0.480 e. The molecule has 2 N–H and O–H groups in total. The van der Waals surface area contributed by atoms with Gasteiger partial charge in [-0.15, -0.1) is 10.2 Å². The molecule has 10 heteroatoms. The molecule has 0 saturated heterocycles. The van der Waals surface area contributed by atoms with Gasteiger partial charge < -0.3 is 5.11 Å². The van der Waals surface area contributed by atoms with E-state index < -0.39 is 33.2 Å². The molecule has 0 saturated carbocycles. The number of amides is 1. The van der Waals surface area contributed by atoms with Crippen molar-refractivity contribution in [2.24, 2.45) is 0 Å². The third-order valence-electron chi connectivity index (χ3n) is 1.47. The number of hydrogen-bond donors (Lipinski definition) is 2. The van der Waals surface area contributed by atoms with Gasteiger partial charge in [-0.05, 0) is 6.92 Å². The lowest BCUT2D eigenvalue weighted by molar-refractivity contribution is -0.134. The van der Waals surface area contributed by atoms with Gasteiger partial charge in [0.2, 0.25) is 11.0 Å². The molecule has 0 bridgehead atoms. The number of aromatic nitrogens is 2. The van der Waals surface area contributed by atoms with Crippen LogP contribution in [-0.4, -0.2) is 47.1 Å². The minimum absolute atomic E-state index is 0.179. The van der Waals surface area contributed by atoms with E-state index in [4.69, 9.17) is 5.11 Å². The van der Waals surface area contributed by atoms with Crippen molar-refractivity contribution < 1.29 is 23.1 Å². The highest BCUT2D eigenvalue weighted by atomic mass is 32.2. The van der Waals surface area contributed by atoms with E-state index in [0.29, 0.717) is 5.01 Å². The molecule has 17 heavy (non-hydrogen) atoms. The molecular weight excluding hydrogens is 270 g/mol. The maximum absolute atomic E-state index is 11.3. The van der Waals surface area contributed by atoms with E-state index in [-0.39, 0.29) is 5.13 Å². The Labute approximate surface area is 101 Å². The van der Waals surface area contributed by atoms with Crippen LogP contribution in [0, 0.1) is 6.92 Å². The molecule has 0 aromatic carbocycles. The number of carboxylic acids is 1. The van der Waals surface area contributed by atoms with Gasteiger partial charge in [0.1, 0.15) is 16.5 Å². The molecule has 0 aliphatic rings. The number of rotatable bonds is 5. The maximum Gasteiger partial charge on any atom is 0.318 e. The fourth-order valence-corrected chi connectivity index (χ4v) is 2.50. The predicted molar refractivity (Wildman–Crippen MR) is 59.6 cm³/mol. The van der Waals surface area contributed by atoms with Crippen molar-refractivity contribution in [2.75, 3.05) is 16.8 Å². The normalized spacial score (nSPS) is 11.1. The zero-order valence-corrected chi connectivity index (χ0v) is 10.3. The monoisotopic (exact) mass is 279 g/mol. The second-order valence-electron chi connectivity index (χ2n) is 3.10. The molecular formula is C7H9N3O5S2. The van der Waals surface area contributed by atoms with Crippen LogP contribution in [-0.2, 0) is 19.4 Å². The molecule has 0 atom stereocenters. The van der Waals surface area contributed by atoms with E-state index >= 15 is 0 Å². The molecule has 0 fully saturated rings. The number of carbonyl (C=O) groups excluding carboxylic acids is 1. The average Bonchev–Trinajstić information content (AvgIpc) is 2.46. The topological polar surface area (TPSA) is 126 Å². The summed E-state index contributed by atoms with van der Waals surface area (Å²) in [5.41, 5.74) is 0. The quantitative estimate of drug-likeness (QED) is 0.728. The fraction of sp³-hybridized carbons (Fsp3) is 0.429. The number of nitrogens with zero attached hydrogens (tertiary/aromatic N) is 2. The highest BCUT2D eigenvalue weighted by molar-refractivity contribution is 7.92. The first-order chi connectivity index (χ1) is 7.78. The molecule has 1 aromatic rings. The van der Waals surface area contributed by atoms with Gasteiger partial charge in [-0.3, -0.25) is 14.9 Å². The van der Waals surface area contributed by atoms with Crippen LogP contribution in [0.2, 0.25) is 0 Å². The molecule has 1 aromatic heterocycles. The van der Waals surface area contributed by atoms with Gasteiger partial charge in [-0.2, -0.15) is 0 Å². The molecule has 0 aliphatic heterocycles. The smallest absolute Gasteiger partial charge is 0.318 e. The number of carboxylic acid groups (broad SMARTS) is 1. The van der Waals surface area contributed by atoms with Crippen molar-refractivity contribution in [3.63, 3.8) is 0 Å². The van der Waals surface area contributed by atoms with E-state index in [1.165, 1.54) is 0 Å². The van der Waals surface area contributed by atoms with Gasteiger partial charge in [0.15, 0.2) is 9.84 Å². The summed E-state index contributed by atoms with van der Waals surface area (Å²) >= 11 is 1.09. The number of aryl methyl sites for hydroxylation is 1. The molecule has 1 amide bonds. The Bertz CT molecular complexity index is 535. The lowest BCUT2D eigenvalue weighted by atomic mass is 10.7. The van der Waals surface area contributed by atoms with E-state index in [2.05, 4.69) is 15.5 Å². The van der Waals surface area contributed by atoms with Crippen molar-refractivity contribution in [1.82, 2.24) is 10.2 Å². The third-order valence-corrected chi connectivity index (χ3v) is 3.61. The molecule has 1 heterocycles. The predicted octanol–water partition coefficient (Wildman–Crippen LogP) is -0.716. The Balaban J connectivity index is 2.58. The molecule has 8 nitrogen and oxygen atoms in total. The summed E-state index contributed by atoms with van der Waals surface area (Å²) in [6, 6.07) is 0. The Morgan fingerprint density at radius 2 is 2.00 bits per heavy atom. The Morgan fingerprint density at radius 1 is 1.35 bits per heavy atom. The molecule has 94 valence electrons. The molecule has 1 rings (SSSR count). The van der Waals surface area contributed by atoms with Crippen LogP contribution in [0.15, 0.2) is 0 Å². The van der Waals surface area contributed by atoms with Gasteiger partial charge in [0.25, 0.3) is 0 Å². The van der Waals surface area contributed by atoms with Crippen LogP contribution in [0.1, 0.15) is 5.01 Å². The minimum atomic E-state index is -3.95. The molecule has 0 aliphatic carbocycles. The van der Waals surface area contributed by atoms with Crippen molar-refractivity contribution in [3.05, 3.63) is 5.01 Å². The number of nitrogens with one attached hydrogen (secondary N) is 1. The van der Waals surface area contributed by atoms with Crippen LogP contribution in [0.5, 0.6) is 0 Å². The van der Waals surface area contributed by atoms with Crippen LogP contribution < -0.4 is 5.32 Å². The summed E-state index contributed by atoms with van der Waals surface area (Å²) in [7, 11) is -3.95. The number of anilines is 1. The largest absolute Gasteiger partial charge is 0.480 e. The van der Waals surface area contributed by atoms with Crippen molar-refractivity contribution >= 4 is 38.2 Å². The van der Waals surface area contributed by atoms with Crippen LogP contribution in [0.3, 0.4) is 0 Å². The van der Waals surface area contributed by atoms with Crippen molar-refractivity contribution in [1.29, 1.82) is 0 Å². The zero-order chi connectivity index (χ0) is 13.1. The first kappa shape index (κ1) is 13.5. The first-order valence-corrected chi connectivity index (χ1v) is 6.94. The first-order valence-electron chi connectivity index (χ1n) is 4.31. The lowest BCUT2D eigenvalue weighted by Crippen LogP contribution is -2.27. The molecule has 0 radical (unpaired) electrons. The van der Waals surface area contributed by atoms with E-state index in [0.717, 1.165) is 11.3 Å². The molecule has 0 unspecified atom stereocenters. The highest BCUT2D eigenvalue weighted by Crippen LogP contribution is 2.13. The number of hydrogen-bond acceptors (Lipinski definition) is 7. The fourth-order valence-electron chi connectivity index (χ4n) is 0.941. The van der Waals surface area contributed by atoms with Crippen LogP contribution >= 0.6 is 11.3 Å². The Morgan fingerprint density at radius 3 is 2.47 bits per heavy atom. The summed E-state index contributed by atoms with van der Waals surface area (Å²) in [5.74, 6) is -4.29. The van der Waals surface area contributed by atoms with Gasteiger partial charge in [0.05, 0.1) is 0 Å². The van der Waals surface area contributed by atoms with Gasteiger partial charge in [-0.25, -0.2) is 8.42 Å². The van der Waals surface area contributed by atoms with Gasteiger partial charge in [-0.1, -0.05) is 11.3 Å². The summed E-state index contributed by atoms with van der Waals surface area (Å²) in [4.78, 5) is 21.5. The SMILES string of the molecule is Cc1nnc(NC(=O)CS(=O)(=O)CC(=O)O)s1. The summed E-state index contributed by atoms with van der Waals surface area (Å²) in [6.07, 6.45) is 0. The second kappa shape index (κ2) is 5.19. The van der Waals surface area contributed by atoms with Crippen LogP contribution in [0.4, 0.5) is 5.13 Å². The van der Waals surface area contributed by atoms with E-state index in [1.54, 1.807) is 6.92 Å². The van der Waals surface area contributed by atoms with Crippen molar-refractivity contribution in [2.45, 2.75) is 6.92 Å². The number of carbonyl (C=O) groups is 2. The highest BCUT2D eigenvalue weighted by Gasteiger charge is 2.20. The van der Waals surface area contributed by atoms with Crippen molar-refractivity contribution in [3.8, 4) is 0 Å². The number of aliphatic carboxylic acids is 1. The number of sulfone groups is 1. The van der Waals surface area contributed by atoms with Crippen LogP contribution in [0.25, 0.3) is 0 Å². The van der Waals surface area contributed by atoms with E-state index in [1.807, 2.05) is 0 Å². The summed E-state index contributed by atoms with van der Waals surface area (Å²) in [5, 5.41) is 18.5. The summed E-state index contributed by atoms with van der Waals surface area (Å²) in [6.45, 7) is 1.68. The van der Waals surface area contributed by atoms with E-state index in [9.17, 15) is 18.0 Å². The second-order valence-corrected chi connectivity index (χ2v) is 6.35. The standard InChI is InChI=1S/C7H9N3O5S2/c1-4-9-10-7(16-4)8-5(11)2-17(14,15)3-6(12)13/h2-3H2,1H3,(H,12,13)(H,8,10,11). The Hall–Kier alpha value is -1.55. The zero-order valence-electron chi connectivity index (χ0n) is 8.71. The molecule has 0 spiro atoms. The average molecular weight is 279 g/mol. The van der Waals surface area contributed by atoms with Gasteiger partial charge in [0, 0.05) is 0 Å². The lowest BCUT2D eigenvalue weighted by Gasteiger charge is -2.01. The third kappa shape index (κ3) is 4.87. The maximum atomic E-state index is 11.3. The summed E-state index contributed by atoms with van der Waals surface area (Å²) < 4.78 is 22.3. The van der Waals surface area contributed by atoms with Gasteiger partial charge >= 0.3 is 5.97 Å².